The van der Waals surface area contributed by atoms with E-state index in [4.69, 9.17) is 12.2 Å². The zero-order chi connectivity index (χ0) is 21.8. The van der Waals surface area contributed by atoms with E-state index in [0.717, 1.165) is 10.2 Å². The molecule has 1 heterocycles. The fourth-order valence-electron chi connectivity index (χ4n) is 2.66. The first-order chi connectivity index (χ1) is 14.3. The van der Waals surface area contributed by atoms with E-state index in [-0.39, 0.29) is 27.8 Å². The van der Waals surface area contributed by atoms with Crippen LogP contribution in [0.5, 0.6) is 0 Å². The number of nitro benzene ring substituents is 1. The maximum absolute atomic E-state index is 12.5. The molecule has 0 saturated heterocycles. The van der Waals surface area contributed by atoms with Crippen LogP contribution in [0.3, 0.4) is 0 Å². The van der Waals surface area contributed by atoms with Gasteiger partial charge < -0.3 is 10.6 Å². The molecule has 0 unspecified atom stereocenters. The van der Waals surface area contributed by atoms with Crippen LogP contribution in [0.4, 0.5) is 16.5 Å². The zero-order valence-electron chi connectivity index (χ0n) is 16.0. The molecule has 0 bridgehead atoms. The van der Waals surface area contributed by atoms with Crippen molar-refractivity contribution in [3.8, 4) is 0 Å². The quantitative estimate of drug-likeness (QED) is 0.309. The fourth-order valence-corrected chi connectivity index (χ4v) is 3.80. The summed E-state index contributed by atoms with van der Waals surface area (Å²) in [4.78, 5) is 38.9. The maximum atomic E-state index is 12.5. The monoisotopic (exact) mass is 443 g/mol. The van der Waals surface area contributed by atoms with Crippen molar-refractivity contribution < 1.29 is 14.5 Å². The number of thiocarbonyl (C=S) groups is 1. The Morgan fingerprint density at radius 1 is 1.23 bits per heavy atom. The van der Waals surface area contributed by atoms with Crippen LogP contribution < -0.4 is 16.0 Å². The first-order valence-corrected chi connectivity index (χ1v) is 10.1. The summed E-state index contributed by atoms with van der Waals surface area (Å²) < 4.78 is 0.829. The minimum Gasteiger partial charge on any atom is -0.332 e. The van der Waals surface area contributed by atoms with E-state index in [2.05, 4.69) is 20.9 Å². The first-order valence-electron chi connectivity index (χ1n) is 8.85. The normalized spacial score (nSPS) is 10.5. The second kappa shape index (κ2) is 8.93. The van der Waals surface area contributed by atoms with Crippen LogP contribution in [0.15, 0.2) is 36.4 Å². The number of nitrogens with one attached hydrogen (secondary N) is 3. The molecule has 0 aliphatic carbocycles. The molecule has 0 aliphatic heterocycles. The first kappa shape index (κ1) is 21.3. The molecule has 30 heavy (non-hydrogen) atoms. The Morgan fingerprint density at radius 2 is 2.00 bits per heavy atom. The second-order valence-corrected chi connectivity index (χ2v) is 7.66. The lowest BCUT2D eigenvalue weighted by Gasteiger charge is -2.11. The molecule has 0 aliphatic rings. The molecule has 0 radical (unpaired) electrons. The van der Waals surface area contributed by atoms with E-state index in [1.54, 1.807) is 25.1 Å². The number of carbonyl (C=O) groups excluding carboxylic acids is 2. The third-order valence-electron chi connectivity index (χ3n) is 4.19. The highest BCUT2D eigenvalue weighted by Gasteiger charge is 2.18. The zero-order valence-corrected chi connectivity index (χ0v) is 17.6. The molecule has 0 saturated carbocycles. The van der Waals surface area contributed by atoms with Gasteiger partial charge in [0, 0.05) is 29.3 Å². The van der Waals surface area contributed by atoms with Crippen molar-refractivity contribution in [2.24, 2.45) is 0 Å². The summed E-state index contributed by atoms with van der Waals surface area (Å²) in [5.74, 6) is -0.662. The number of carbonyl (C=O) groups is 2. The Kier molecular flexibility index (Phi) is 6.33. The number of aromatic nitrogens is 1. The number of nitro groups is 1. The molecule has 1 aromatic heterocycles. The number of hydrogen-bond acceptors (Lipinski definition) is 7. The van der Waals surface area contributed by atoms with Crippen LogP contribution in [0.1, 0.15) is 29.3 Å². The molecule has 0 fully saturated rings. The van der Waals surface area contributed by atoms with Crippen LogP contribution in [-0.2, 0) is 4.79 Å². The van der Waals surface area contributed by atoms with Gasteiger partial charge in [-0.3, -0.25) is 25.0 Å². The summed E-state index contributed by atoms with van der Waals surface area (Å²) >= 11 is 6.52. The summed E-state index contributed by atoms with van der Waals surface area (Å²) in [5.41, 5.74) is 1.64. The van der Waals surface area contributed by atoms with Crippen LogP contribution in [-0.4, -0.2) is 26.8 Å². The fraction of sp³-hybridized carbons (Fsp3) is 0.158. The second-order valence-electron chi connectivity index (χ2n) is 6.22. The number of amides is 2. The molecule has 2 aromatic carbocycles. The Balaban J connectivity index is 1.71. The number of thiazole rings is 1. The smallest absolute Gasteiger partial charge is 0.273 e. The summed E-state index contributed by atoms with van der Waals surface area (Å²) in [7, 11) is 0. The lowest BCUT2D eigenvalue weighted by atomic mass is 10.1. The Bertz CT molecular complexity index is 1170. The van der Waals surface area contributed by atoms with Gasteiger partial charge in [0.15, 0.2) is 10.2 Å². The van der Waals surface area contributed by atoms with E-state index < -0.39 is 10.8 Å². The van der Waals surface area contributed by atoms with Gasteiger partial charge in [-0.2, -0.15) is 0 Å². The summed E-state index contributed by atoms with van der Waals surface area (Å²) in [5, 5.41) is 19.8. The van der Waals surface area contributed by atoms with Gasteiger partial charge in [-0.05, 0) is 43.4 Å². The molecule has 3 rings (SSSR count). The molecule has 0 spiro atoms. The van der Waals surface area contributed by atoms with Crippen LogP contribution in [0.2, 0.25) is 0 Å². The highest BCUT2D eigenvalue weighted by atomic mass is 32.1. The molecule has 9 nitrogen and oxygen atoms in total. The Labute approximate surface area is 180 Å². The van der Waals surface area contributed by atoms with Gasteiger partial charge in [0.2, 0.25) is 5.91 Å². The number of anilines is 2. The van der Waals surface area contributed by atoms with Gasteiger partial charge in [-0.1, -0.05) is 24.3 Å². The van der Waals surface area contributed by atoms with Crippen molar-refractivity contribution in [2.75, 3.05) is 10.6 Å². The topological polar surface area (TPSA) is 126 Å². The van der Waals surface area contributed by atoms with Crippen molar-refractivity contribution >= 4 is 67.2 Å². The van der Waals surface area contributed by atoms with Crippen molar-refractivity contribution in [2.45, 2.75) is 20.3 Å². The molecule has 2 amide bonds. The standard InChI is InChI=1S/C19H17N5O4S2/c1-3-16(25)22-19-21-13-8-7-11(9-15(13)30-19)20-18(29)23-17(26)12-5-4-6-14(10(12)2)24(27)28/h4-9H,3H2,1-2H3,(H,21,22,25)(H2,20,23,26,29). The third kappa shape index (κ3) is 4.75. The highest BCUT2D eigenvalue weighted by Crippen LogP contribution is 2.28. The van der Waals surface area contributed by atoms with Gasteiger partial charge in [0.1, 0.15) is 0 Å². The van der Waals surface area contributed by atoms with Gasteiger partial charge in [0.05, 0.1) is 15.1 Å². The molecule has 3 aromatic rings. The van der Waals surface area contributed by atoms with Crippen molar-refractivity contribution in [1.29, 1.82) is 0 Å². The van der Waals surface area contributed by atoms with E-state index in [0.29, 0.717) is 17.2 Å². The minimum absolute atomic E-state index is 0.0503. The average molecular weight is 444 g/mol. The van der Waals surface area contributed by atoms with E-state index in [9.17, 15) is 19.7 Å². The van der Waals surface area contributed by atoms with Crippen molar-refractivity contribution in [1.82, 2.24) is 10.3 Å². The van der Waals surface area contributed by atoms with Gasteiger partial charge >= 0.3 is 0 Å². The van der Waals surface area contributed by atoms with E-state index in [1.807, 2.05) is 0 Å². The van der Waals surface area contributed by atoms with Crippen molar-refractivity contribution in [3.05, 3.63) is 57.6 Å². The van der Waals surface area contributed by atoms with Gasteiger partial charge in [-0.15, -0.1) is 0 Å². The number of rotatable bonds is 5. The molecule has 0 atom stereocenters. The summed E-state index contributed by atoms with van der Waals surface area (Å²) in [6.45, 7) is 3.27. The summed E-state index contributed by atoms with van der Waals surface area (Å²) in [6.07, 6.45) is 0.362. The number of hydrogen-bond donors (Lipinski definition) is 3. The largest absolute Gasteiger partial charge is 0.332 e. The van der Waals surface area contributed by atoms with Gasteiger partial charge in [0.25, 0.3) is 11.6 Å². The van der Waals surface area contributed by atoms with E-state index in [1.165, 1.54) is 36.5 Å². The van der Waals surface area contributed by atoms with Crippen molar-refractivity contribution in [3.63, 3.8) is 0 Å². The lowest BCUT2D eigenvalue weighted by Crippen LogP contribution is -2.34. The average Bonchev–Trinajstić information content (AvgIpc) is 3.08. The van der Waals surface area contributed by atoms with Crippen LogP contribution in [0, 0.1) is 17.0 Å². The van der Waals surface area contributed by atoms with E-state index >= 15 is 0 Å². The molecular weight excluding hydrogens is 426 g/mol. The predicted octanol–water partition coefficient (Wildman–Crippen LogP) is 3.99. The van der Waals surface area contributed by atoms with Crippen LogP contribution >= 0.6 is 23.6 Å². The Morgan fingerprint density at radius 3 is 2.70 bits per heavy atom. The molecular formula is C19H17N5O4S2. The Hall–Kier alpha value is -3.44. The number of nitrogens with zero attached hydrogens (tertiary/aromatic N) is 2. The summed E-state index contributed by atoms with van der Waals surface area (Å²) in [6, 6.07) is 9.59. The maximum Gasteiger partial charge on any atom is 0.273 e. The molecule has 3 N–H and O–H groups in total. The molecule has 11 heteroatoms. The number of benzene rings is 2. The highest BCUT2D eigenvalue weighted by molar-refractivity contribution is 7.80. The molecule has 154 valence electrons. The lowest BCUT2D eigenvalue weighted by molar-refractivity contribution is -0.385. The van der Waals surface area contributed by atoms with Gasteiger partial charge in [-0.25, -0.2) is 4.98 Å². The third-order valence-corrected chi connectivity index (χ3v) is 5.33. The van der Waals surface area contributed by atoms with Crippen LogP contribution in [0.25, 0.3) is 10.2 Å². The minimum atomic E-state index is -0.544. The SMILES string of the molecule is CCC(=O)Nc1nc2ccc(NC(=S)NC(=O)c3cccc([N+](=O)[O-])c3C)cc2s1. The predicted molar refractivity (Wildman–Crippen MR) is 120 cm³/mol. The number of fused-ring (bicyclic) bond motifs is 1.